The maximum Gasteiger partial charge on any atom is 0.244 e. The zero-order valence-corrected chi connectivity index (χ0v) is 15.1. The Morgan fingerprint density at radius 1 is 1.36 bits per heavy atom. The maximum absolute atomic E-state index is 12.0. The predicted octanol–water partition coefficient (Wildman–Crippen LogP) is 2.45. The van der Waals surface area contributed by atoms with Gasteiger partial charge in [-0.1, -0.05) is 17.4 Å². The molecule has 8 heteroatoms. The van der Waals surface area contributed by atoms with Crippen LogP contribution in [0.15, 0.2) is 18.3 Å². The molecule has 1 aliphatic heterocycles. The summed E-state index contributed by atoms with van der Waals surface area (Å²) in [5.74, 6) is 0.295. The highest BCUT2D eigenvalue weighted by Gasteiger charge is 2.29. The van der Waals surface area contributed by atoms with Crippen LogP contribution >= 0.6 is 11.3 Å². The van der Waals surface area contributed by atoms with Crippen molar-refractivity contribution in [1.29, 1.82) is 0 Å². The van der Waals surface area contributed by atoms with Crippen LogP contribution in [-0.2, 0) is 4.79 Å². The van der Waals surface area contributed by atoms with Crippen LogP contribution in [0.5, 0.6) is 5.75 Å². The molecule has 0 aliphatic carbocycles. The number of hydrogen-bond acceptors (Lipinski definition) is 6. The molecular formula is C17H19N5O2S. The van der Waals surface area contributed by atoms with E-state index in [-0.39, 0.29) is 17.7 Å². The zero-order chi connectivity index (χ0) is 17.7. The van der Waals surface area contributed by atoms with Gasteiger partial charge in [-0.25, -0.2) is 4.68 Å². The molecule has 0 saturated carbocycles. The molecule has 7 nitrogen and oxygen atoms in total. The Morgan fingerprint density at radius 2 is 2.16 bits per heavy atom. The fraction of sp³-hybridized carbons (Fsp3) is 0.353. The van der Waals surface area contributed by atoms with E-state index in [0.29, 0.717) is 16.5 Å². The Bertz CT molecular complexity index is 922. The number of aromatic hydroxyl groups is 1. The number of likely N-dealkylation sites (tertiary alicyclic amines) is 1. The molecule has 1 fully saturated rings. The SMILES string of the molecule is Cc1cc(C)c(-n2cc3sc(NC4CCN(C)C4=O)nc3n2)c(O)c1. The van der Waals surface area contributed by atoms with Crippen molar-refractivity contribution in [2.24, 2.45) is 0 Å². The summed E-state index contributed by atoms with van der Waals surface area (Å²) in [4.78, 5) is 18.2. The van der Waals surface area contributed by atoms with Crippen LogP contribution in [0.1, 0.15) is 17.5 Å². The van der Waals surface area contributed by atoms with Crippen molar-refractivity contribution in [3.05, 3.63) is 29.5 Å². The van der Waals surface area contributed by atoms with Crippen LogP contribution in [0.4, 0.5) is 5.13 Å². The number of thiazole rings is 1. The van der Waals surface area contributed by atoms with Gasteiger partial charge in [0.05, 0.1) is 10.9 Å². The fourth-order valence-electron chi connectivity index (χ4n) is 3.24. The molecule has 3 heterocycles. The van der Waals surface area contributed by atoms with Crippen LogP contribution in [0, 0.1) is 13.8 Å². The quantitative estimate of drug-likeness (QED) is 0.752. The van der Waals surface area contributed by atoms with Gasteiger partial charge in [-0.3, -0.25) is 4.79 Å². The lowest BCUT2D eigenvalue weighted by Crippen LogP contribution is -2.30. The van der Waals surface area contributed by atoms with Gasteiger partial charge >= 0.3 is 0 Å². The number of likely N-dealkylation sites (N-methyl/N-ethyl adjacent to an activating group) is 1. The van der Waals surface area contributed by atoms with Crippen LogP contribution in [0.25, 0.3) is 16.0 Å². The lowest BCUT2D eigenvalue weighted by atomic mass is 10.1. The Balaban J connectivity index is 1.63. The molecule has 1 saturated heterocycles. The smallest absolute Gasteiger partial charge is 0.244 e. The summed E-state index contributed by atoms with van der Waals surface area (Å²) in [6.07, 6.45) is 2.64. The highest BCUT2D eigenvalue weighted by Crippen LogP contribution is 2.31. The normalized spacial score (nSPS) is 17.6. The summed E-state index contributed by atoms with van der Waals surface area (Å²) in [5, 5.41) is 18.6. The summed E-state index contributed by atoms with van der Waals surface area (Å²) in [7, 11) is 1.81. The number of hydrogen-bond donors (Lipinski definition) is 2. The molecule has 4 rings (SSSR count). The molecule has 130 valence electrons. The minimum absolute atomic E-state index is 0.0955. The van der Waals surface area contributed by atoms with Gasteiger partial charge in [0.2, 0.25) is 5.91 Å². The second-order valence-corrected chi connectivity index (χ2v) is 7.51. The molecule has 0 bridgehead atoms. The summed E-state index contributed by atoms with van der Waals surface area (Å²) in [6.45, 7) is 4.65. The summed E-state index contributed by atoms with van der Waals surface area (Å²) in [6, 6.07) is 3.52. The fourth-order valence-corrected chi connectivity index (χ4v) is 4.11. The van der Waals surface area contributed by atoms with Gasteiger partial charge in [-0.2, -0.15) is 4.98 Å². The Morgan fingerprint density at radius 3 is 2.80 bits per heavy atom. The minimum atomic E-state index is -0.212. The van der Waals surface area contributed by atoms with Crippen LogP contribution in [0.2, 0.25) is 0 Å². The standard InChI is InChI=1S/C17H19N5O2S/c1-9-6-10(2)14(12(23)7-9)22-8-13-15(20-22)19-17(25-13)18-11-4-5-21(3)16(11)24/h6-8,11,23H,4-5H2,1-3H3,(H,18,19,20). The van der Waals surface area contributed by atoms with Crippen LogP contribution < -0.4 is 5.32 Å². The number of anilines is 1. The summed E-state index contributed by atoms with van der Waals surface area (Å²) in [5.41, 5.74) is 3.22. The number of fused-ring (bicyclic) bond motifs is 1. The van der Waals surface area contributed by atoms with Gasteiger partial charge in [0, 0.05) is 13.6 Å². The average Bonchev–Trinajstić information content (AvgIpc) is 3.15. The number of nitrogens with one attached hydrogen (secondary N) is 1. The molecule has 0 radical (unpaired) electrons. The van der Waals surface area contributed by atoms with Gasteiger partial charge in [0.25, 0.3) is 0 Å². The van der Waals surface area contributed by atoms with E-state index in [0.717, 1.165) is 28.8 Å². The van der Waals surface area contributed by atoms with Gasteiger partial charge in [0.15, 0.2) is 10.8 Å². The van der Waals surface area contributed by atoms with Crippen molar-refractivity contribution in [1.82, 2.24) is 19.7 Å². The molecule has 1 unspecified atom stereocenters. The largest absolute Gasteiger partial charge is 0.506 e. The molecule has 2 N–H and O–H groups in total. The van der Waals surface area contributed by atoms with Gasteiger partial charge < -0.3 is 15.3 Å². The molecule has 1 aromatic carbocycles. The number of aryl methyl sites for hydroxylation is 2. The molecule has 1 amide bonds. The average molecular weight is 357 g/mol. The Kier molecular flexibility index (Phi) is 3.64. The van der Waals surface area contributed by atoms with Gasteiger partial charge in [0.1, 0.15) is 17.5 Å². The first-order chi connectivity index (χ1) is 11.9. The number of nitrogens with zero attached hydrogens (tertiary/aromatic N) is 4. The van der Waals surface area contributed by atoms with Crippen molar-refractivity contribution in [2.45, 2.75) is 26.3 Å². The Hall–Kier alpha value is -2.61. The predicted molar refractivity (Wildman–Crippen MR) is 97.5 cm³/mol. The second-order valence-electron chi connectivity index (χ2n) is 6.48. The monoisotopic (exact) mass is 357 g/mol. The highest BCUT2D eigenvalue weighted by molar-refractivity contribution is 7.22. The number of phenolic OH excluding ortho intramolecular Hbond substituents is 1. The van der Waals surface area contributed by atoms with E-state index in [4.69, 9.17) is 0 Å². The van der Waals surface area contributed by atoms with Crippen molar-refractivity contribution in [2.75, 3.05) is 18.9 Å². The van der Waals surface area contributed by atoms with E-state index in [1.807, 2.05) is 33.2 Å². The third kappa shape index (κ3) is 2.72. The van der Waals surface area contributed by atoms with Crippen molar-refractivity contribution in [3.8, 4) is 11.4 Å². The minimum Gasteiger partial charge on any atom is -0.506 e. The lowest BCUT2D eigenvalue weighted by molar-refractivity contribution is -0.127. The lowest BCUT2D eigenvalue weighted by Gasteiger charge is -2.11. The van der Waals surface area contributed by atoms with Crippen molar-refractivity contribution in [3.63, 3.8) is 0 Å². The van der Waals surface area contributed by atoms with Crippen molar-refractivity contribution >= 4 is 32.7 Å². The third-order valence-electron chi connectivity index (χ3n) is 4.46. The van der Waals surface area contributed by atoms with E-state index in [9.17, 15) is 9.90 Å². The second kappa shape index (κ2) is 5.73. The number of aromatic nitrogens is 3. The number of phenols is 1. The first-order valence-corrected chi connectivity index (χ1v) is 8.92. The number of carbonyl (C=O) groups excluding carboxylic acids is 1. The van der Waals surface area contributed by atoms with E-state index in [2.05, 4.69) is 15.4 Å². The molecule has 3 aromatic rings. The first kappa shape index (κ1) is 15.9. The van der Waals surface area contributed by atoms with Crippen LogP contribution in [0.3, 0.4) is 0 Å². The molecule has 25 heavy (non-hydrogen) atoms. The van der Waals surface area contributed by atoms with E-state index >= 15 is 0 Å². The maximum atomic E-state index is 12.0. The molecule has 2 aromatic heterocycles. The third-order valence-corrected chi connectivity index (χ3v) is 5.37. The number of carbonyl (C=O) groups is 1. The Labute approximate surface area is 148 Å². The van der Waals surface area contributed by atoms with E-state index in [1.54, 1.807) is 15.6 Å². The number of benzene rings is 1. The topological polar surface area (TPSA) is 83.3 Å². The van der Waals surface area contributed by atoms with E-state index < -0.39 is 0 Å². The molecule has 0 spiro atoms. The molecule has 1 aliphatic rings. The van der Waals surface area contributed by atoms with Gasteiger partial charge in [-0.15, -0.1) is 5.10 Å². The van der Waals surface area contributed by atoms with Crippen LogP contribution in [-0.4, -0.2) is 50.3 Å². The van der Waals surface area contributed by atoms with E-state index in [1.165, 1.54) is 11.3 Å². The van der Waals surface area contributed by atoms with Crippen molar-refractivity contribution < 1.29 is 9.90 Å². The summed E-state index contributed by atoms with van der Waals surface area (Å²) < 4.78 is 2.57. The number of rotatable bonds is 3. The zero-order valence-electron chi connectivity index (χ0n) is 14.3. The number of amides is 1. The molecule has 1 atom stereocenters. The van der Waals surface area contributed by atoms with Gasteiger partial charge in [-0.05, 0) is 37.5 Å². The summed E-state index contributed by atoms with van der Waals surface area (Å²) >= 11 is 1.46. The molecular weight excluding hydrogens is 338 g/mol. The highest BCUT2D eigenvalue weighted by atomic mass is 32.1. The first-order valence-electron chi connectivity index (χ1n) is 8.10.